The zero-order chi connectivity index (χ0) is 22.8. The standard InChI is InChI=1S/C24H21N7OS/c1-17(18-10-12-19(13-11-18)30-16-25-15-26-30)29(2)24(32)22-27-23(21-9-6-14-33-21)31(28-22)20-7-4-3-5-8-20/h3-17H,1-2H3. The lowest BCUT2D eigenvalue weighted by molar-refractivity contribution is 0.0730. The predicted molar refractivity (Wildman–Crippen MR) is 127 cm³/mol. The van der Waals surface area contributed by atoms with Crippen molar-refractivity contribution in [1.82, 2.24) is 34.4 Å². The van der Waals surface area contributed by atoms with Gasteiger partial charge in [0, 0.05) is 7.05 Å². The van der Waals surface area contributed by atoms with Crippen LogP contribution in [0, 0.1) is 0 Å². The molecular weight excluding hydrogens is 434 g/mol. The number of rotatable bonds is 6. The molecule has 33 heavy (non-hydrogen) atoms. The van der Waals surface area contributed by atoms with Gasteiger partial charge in [0.05, 0.1) is 22.3 Å². The molecule has 164 valence electrons. The summed E-state index contributed by atoms with van der Waals surface area (Å²) in [5.41, 5.74) is 2.75. The van der Waals surface area contributed by atoms with Crippen molar-refractivity contribution < 1.29 is 4.79 Å². The largest absolute Gasteiger partial charge is 0.332 e. The van der Waals surface area contributed by atoms with Crippen LogP contribution in [0.5, 0.6) is 0 Å². The minimum atomic E-state index is -0.240. The first-order chi connectivity index (χ1) is 16.1. The number of nitrogens with zero attached hydrogens (tertiary/aromatic N) is 7. The Labute approximate surface area is 194 Å². The lowest BCUT2D eigenvalue weighted by atomic mass is 10.1. The van der Waals surface area contributed by atoms with Crippen molar-refractivity contribution in [2.24, 2.45) is 0 Å². The minimum Gasteiger partial charge on any atom is -0.332 e. The van der Waals surface area contributed by atoms with Gasteiger partial charge in [0.1, 0.15) is 12.7 Å². The number of hydrogen-bond donors (Lipinski definition) is 0. The molecule has 0 radical (unpaired) electrons. The van der Waals surface area contributed by atoms with Gasteiger partial charge in [-0.15, -0.1) is 16.4 Å². The van der Waals surface area contributed by atoms with E-state index in [1.165, 1.54) is 6.33 Å². The summed E-state index contributed by atoms with van der Waals surface area (Å²) in [6.07, 6.45) is 3.14. The molecule has 0 bridgehead atoms. The second-order valence-electron chi connectivity index (χ2n) is 7.51. The summed E-state index contributed by atoms with van der Waals surface area (Å²) in [5.74, 6) is 0.573. The fourth-order valence-corrected chi connectivity index (χ4v) is 4.22. The van der Waals surface area contributed by atoms with Gasteiger partial charge in [-0.2, -0.15) is 5.10 Å². The predicted octanol–water partition coefficient (Wildman–Crippen LogP) is 4.41. The maximum absolute atomic E-state index is 13.3. The number of carbonyl (C=O) groups is 1. The quantitative estimate of drug-likeness (QED) is 0.379. The molecule has 0 saturated heterocycles. The molecule has 0 N–H and O–H groups in total. The topological polar surface area (TPSA) is 81.7 Å². The average Bonchev–Trinajstić information content (AvgIpc) is 3.64. The van der Waals surface area contributed by atoms with Gasteiger partial charge >= 0.3 is 0 Å². The minimum absolute atomic E-state index is 0.163. The maximum atomic E-state index is 13.3. The van der Waals surface area contributed by atoms with Gasteiger partial charge < -0.3 is 4.90 Å². The van der Waals surface area contributed by atoms with E-state index in [4.69, 9.17) is 0 Å². The van der Waals surface area contributed by atoms with Crippen molar-refractivity contribution in [2.45, 2.75) is 13.0 Å². The Morgan fingerprint density at radius 2 is 1.79 bits per heavy atom. The summed E-state index contributed by atoms with van der Waals surface area (Å²) >= 11 is 1.56. The molecule has 9 heteroatoms. The number of aromatic nitrogens is 6. The smallest absolute Gasteiger partial charge is 0.293 e. The van der Waals surface area contributed by atoms with Crippen LogP contribution in [0.25, 0.3) is 22.1 Å². The molecule has 0 aliphatic carbocycles. The van der Waals surface area contributed by atoms with E-state index < -0.39 is 0 Å². The van der Waals surface area contributed by atoms with Crippen LogP contribution in [0.2, 0.25) is 0 Å². The fraction of sp³-hybridized carbons (Fsp3) is 0.125. The number of thiophene rings is 1. The zero-order valence-corrected chi connectivity index (χ0v) is 18.9. The maximum Gasteiger partial charge on any atom is 0.293 e. The van der Waals surface area contributed by atoms with E-state index in [-0.39, 0.29) is 17.8 Å². The van der Waals surface area contributed by atoms with Crippen LogP contribution in [0.15, 0.2) is 84.8 Å². The van der Waals surface area contributed by atoms with E-state index in [1.807, 2.05) is 79.0 Å². The van der Waals surface area contributed by atoms with Gasteiger partial charge in [-0.1, -0.05) is 36.4 Å². The van der Waals surface area contributed by atoms with E-state index in [0.29, 0.717) is 5.82 Å². The molecule has 3 aromatic heterocycles. The second kappa shape index (κ2) is 8.79. The number of benzene rings is 2. The molecule has 1 unspecified atom stereocenters. The van der Waals surface area contributed by atoms with Crippen LogP contribution in [-0.2, 0) is 0 Å². The average molecular weight is 456 g/mol. The number of amides is 1. The SMILES string of the molecule is CC(c1ccc(-n2cncn2)cc1)N(C)C(=O)c1nc(-c2cccs2)n(-c2ccccc2)n1. The molecule has 0 aliphatic rings. The van der Waals surface area contributed by atoms with Crippen LogP contribution in [0.1, 0.15) is 29.1 Å². The molecule has 0 saturated carbocycles. The molecule has 2 aromatic carbocycles. The van der Waals surface area contributed by atoms with Crippen molar-refractivity contribution >= 4 is 17.2 Å². The van der Waals surface area contributed by atoms with Crippen molar-refractivity contribution in [3.05, 3.63) is 96.2 Å². The van der Waals surface area contributed by atoms with E-state index in [9.17, 15) is 4.79 Å². The first-order valence-electron chi connectivity index (χ1n) is 10.4. The third kappa shape index (κ3) is 4.06. The van der Waals surface area contributed by atoms with Crippen molar-refractivity contribution in [3.8, 4) is 22.1 Å². The highest BCUT2D eigenvalue weighted by Gasteiger charge is 2.25. The molecule has 3 heterocycles. The monoisotopic (exact) mass is 455 g/mol. The van der Waals surface area contributed by atoms with Gasteiger partial charge in [-0.25, -0.2) is 19.3 Å². The summed E-state index contributed by atoms with van der Waals surface area (Å²) < 4.78 is 3.42. The molecule has 0 fully saturated rings. The lowest BCUT2D eigenvalue weighted by Gasteiger charge is -2.24. The third-order valence-corrected chi connectivity index (χ3v) is 6.37. The van der Waals surface area contributed by atoms with Crippen LogP contribution < -0.4 is 0 Å². The van der Waals surface area contributed by atoms with E-state index in [2.05, 4.69) is 20.2 Å². The Morgan fingerprint density at radius 1 is 1.00 bits per heavy atom. The molecule has 1 atom stereocenters. The first-order valence-corrected chi connectivity index (χ1v) is 11.3. The summed E-state index contributed by atoms with van der Waals surface area (Å²) in [6, 6.07) is 21.4. The fourth-order valence-electron chi connectivity index (χ4n) is 3.52. The second-order valence-corrected chi connectivity index (χ2v) is 8.45. The van der Waals surface area contributed by atoms with E-state index >= 15 is 0 Å². The molecule has 8 nitrogen and oxygen atoms in total. The highest BCUT2D eigenvalue weighted by Crippen LogP contribution is 2.27. The molecule has 0 aliphatic heterocycles. The van der Waals surface area contributed by atoms with Crippen molar-refractivity contribution in [1.29, 1.82) is 0 Å². The lowest BCUT2D eigenvalue weighted by Crippen LogP contribution is -2.30. The third-order valence-electron chi connectivity index (χ3n) is 5.50. The highest BCUT2D eigenvalue weighted by atomic mass is 32.1. The normalized spacial score (nSPS) is 11.9. The molecule has 0 spiro atoms. The number of para-hydroxylation sites is 1. The van der Waals surface area contributed by atoms with Crippen molar-refractivity contribution in [3.63, 3.8) is 0 Å². The first kappa shape index (κ1) is 20.8. The Morgan fingerprint density at radius 3 is 2.45 bits per heavy atom. The Hall–Kier alpha value is -4.11. The number of hydrogen-bond acceptors (Lipinski definition) is 6. The summed E-state index contributed by atoms with van der Waals surface area (Å²) in [6.45, 7) is 1.98. The summed E-state index contributed by atoms with van der Waals surface area (Å²) in [7, 11) is 1.77. The zero-order valence-electron chi connectivity index (χ0n) is 18.1. The van der Waals surface area contributed by atoms with Gasteiger partial charge in [-0.05, 0) is 48.2 Å². The van der Waals surface area contributed by atoms with Crippen LogP contribution in [-0.4, -0.2) is 47.4 Å². The van der Waals surface area contributed by atoms with E-state index in [0.717, 1.165) is 21.8 Å². The number of carbonyl (C=O) groups excluding carboxylic acids is 1. The Bertz CT molecular complexity index is 1340. The Kier molecular flexibility index (Phi) is 5.54. The molecular formula is C24H21N7OS. The summed E-state index contributed by atoms with van der Waals surface area (Å²) in [5, 5.41) is 10.7. The van der Waals surface area contributed by atoms with E-state index in [1.54, 1.807) is 39.0 Å². The molecule has 1 amide bonds. The Balaban J connectivity index is 1.43. The summed E-state index contributed by atoms with van der Waals surface area (Å²) in [4.78, 5) is 24.6. The van der Waals surface area contributed by atoms with Crippen LogP contribution >= 0.6 is 11.3 Å². The van der Waals surface area contributed by atoms with Gasteiger partial charge in [-0.3, -0.25) is 4.79 Å². The molecule has 5 aromatic rings. The van der Waals surface area contributed by atoms with Gasteiger partial charge in [0.15, 0.2) is 5.82 Å². The van der Waals surface area contributed by atoms with Gasteiger partial charge in [0.2, 0.25) is 5.82 Å². The van der Waals surface area contributed by atoms with Gasteiger partial charge in [0.25, 0.3) is 5.91 Å². The van der Waals surface area contributed by atoms with Crippen molar-refractivity contribution in [2.75, 3.05) is 7.05 Å². The molecule has 5 rings (SSSR count). The van der Waals surface area contributed by atoms with Crippen LogP contribution in [0.3, 0.4) is 0 Å². The highest BCUT2D eigenvalue weighted by molar-refractivity contribution is 7.13. The van der Waals surface area contributed by atoms with Crippen LogP contribution in [0.4, 0.5) is 0 Å².